The Balaban J connectivity index is 1.69. The number of rotatable bonds is 7. The summed E-state index contributed by atoms with van der Waals surface area (Å²) in [5.74, 6) is -0.554. The van der Waals surface area contributed by atoms with Gasteiger partial charge in [-0.2, -0.15) is 4.31 Å². The van der Waals surface area contributed by atoms with E-state index in [4.69, 9.17) is 10.5 Å². The molecule has 1 heterocycles. The maximum absolute atomic E-state index is 12.7. The Labute approximate surface area is 171 Å². The highest BCUT2D eigenvalue weighted by atomic mass is 32.2. The average molecular weight is 424 g/mol. The van der Waals surface area contributed by atoms with Crippen molar-refractivity contribution in [2.75, 3.05) is 19.7 Å². The quantitative estimate of drug-likeness (QED) is 0.691. The third-order valence-corrected chi connectivity index (χ3v) is 7.63. The van der Waals surface area contributed by atoms with Crippen molar-refractivity contribution in [1.82, 2.24) is 9.62 Å². The largest absolute Gasteiger partial charge is 0.483 e. The molecule has 160 valence electrons. The Kier molecular flexibility index (Phi) is 6.79. The van der Waals surface area contributed by atoms with Gasteiger partial charge in [-0.3, -0.25) is 9.59 Å². The normalized spacial score (nSPS) is 22.9. The van der Waals surface area contributed by atoms with Crippen molar-refractivity contribution in [1.29, 1.82) is 0 Å². The van der Waals surface area contributed by atoms with E-state index in [1.165, 1.54) is 28.9 Å². The first-order valence-corrected chi connectivity index (χ1v) is 11.6. The minimum atomic E-state index is -3.68. The van der Waals surface area contributed by atoms with E-state index in [0.717, 1.165) is 32.1 Å². The number of benzene rings is 1. The summed E-state index contributed by atoms with van der Waals surface area (Å²) in [4.78, 5) is 24.1. The van der Waals surface area contributed by atoms with Crippen LogP contribution in [0.15, 0.2) is 23.1 Å². The molecule has 3 N–H and O–H groups in total. The van der Waals surface area contributed by atoms with Gasteiger partial charge in [-0.1, -0.05) is 19.8 Å². The van der Waals surface area contributed by atoms with Crippen LogP contribution in [0.4, 0.5) is 0 Å². The first-order valence-electron chi connectivity index (χ1n) is 10.1. The van der Waals surface area contributed by atoms with Gasteiger partial charge in [0.05, 0.1) is 10.5 Å². The lowest BCUT2D eigenvalue weighted by molar-refractivity contribution is -0.124. The Morgan fingerprint density at radius 1 is 1.17 bits per heavy atom. The van der Waals surface area contributed by atoms with Crippen LogP contribution >= 0.6 is 0 Å². The fourth-order valence-electron chi connectivity index (χ4n) is 3.99. The van der Waals surface area contributed by atoms with Crippen LogP contribution in [0.1, 0.15) is 55.8 Å². The van der Waals surface area contributed by atoms with Crippen LogP contribution in [-0.4, -0.2) is 50.3 Å². The molecule has 2 fully saturated rings. The van der Waals surface area contributed by atoms with Crippen LogP contribution in [0, 0.1) is 5.92 Å². The van der Waals surface area contributed by atoms with E-state index in [0.29, 0.717) is 19.0 Å². The molecule has 1 saturated carbocycles. The van der Waals surface area contributed by atoms with Crippen molar-refractivity contribution in [3.63, 3.8) is 0 Å². The molecule has 2 atom stereocenters. The second kappa shape index (κ2) is 9.13. The predicted octanol–water partition coefficient (Wildman–Crippen LogP) is 1.64. The van der Waals surface area contributed by atoms with Gasteiger partial charge in [-0.15, -0.1) is 0 Å². The summed E-state index contributed by atoms with van der Waals surface area (Å²) in [5, 5.41) is 2.98. The van der Waals surface area contributed by atoms with E-state index in [1.54, 1.807) is 0 Å². The Bertz CT molecular complexity index is 865. The smallest absolute Gasteiger partial charge is 0.258 e. The maximum atomic E-state index is 12.7. The van der Waals surface area contributed by atoms with E-state index < -0.39 is 15.9 Å². The van der Waals surface area contributed by atoms with Gasteiger partial charge in [-0.25, -0.2) is 8.42 Å². The highest BCUT2D eigenvalue weighted by molar-refractivity contribution is 7.89. The van der Waals surface area contributed by atoms with Crippen LogP contribution in [0.5, 0.6) is 5.75 Å². The number of nitrogens with two attached hydrogens (primary N) is 1. The SMILES string of the molecule is C[C@H]1CCCC[C@H]1NC(=O)COc1ccc(S(=O)(=O)N2CCCC2)cc1C(N)=O. The number of carbonyl (C=O) groups excluding carboxylic acids is 2. The predicted molar refractivity (Wildman–Crippen MR) is 108 cm³/mol. The maximum Gasteiger partial charge on any atom is 0.258 e. The van der Waals surface area contributed by atoms with Crippen molar-refractivity contribution >= 4 is 21.8 Å². The lowest BCUT2D eigenvalue weighted by Crippen LogP contribution is -2.43. The Morgan fingerprint density at radius 3 is 2.52 bits per heavy atom. The van der Waals surface area contributed by atoms with Gasteiger partial charge in [0.1, 0.15) is 5.75 Å². The summed E-state index contributed by atoms with van der Waals surface area (Å²) in [5.41, 5.74) is 5.37. The molecule has 1 aliphatic carbocycles. The fraction of sp³-hybridized carbons (Fsp3) is 0.600. The lowest BCUT2D eigenvalue weighted by atomic mass is 9.86. The zero-order valence-corrected chi connectivity index (χ0v) is 17.5. The summed E-state index contributed by atoms with van der Waals surface area (Å²) in [6, 6.07) is 4.13. The van der Waals surface area contributed by atoms with Crippen LogP contribution < -0.4 is 15.8 Å². The number of hydrogen-bond acceptors (Lipinski definition) is 5. The third kappa shape index (κ3) is 5.08. The number of sulfonamides is 1. The summed E-state index contributed by atoms with van der Waals surface area (Å²) >= 11 is 0. The van der Waals surface area contributed by atoms with Gasteiger partial charge in [0.2, 0.25) is 10.0 Å². The second-order valence-electron chi connectivity index (χ2n) is 7.86. The van der Waals surface area contributed by atoms with E-state index in [2.05, 4.69) is 12.2 Å². The number of primary amides is 1. The minimum Gasteiger partial charge on any atom is -0.483 e. The Hall–Kier alpha value is -2.13. The summed E-state index contributed by atoms with van der Waals surface area (Å²) < 4.78 is 32.3. The van der Waals surface area contributed by atoms with E-state index in [1.807, 2.05) is 0 Å². The summed E-state index contributed by atoms with van der Waals surface area (Å²) in [7, 11) is -3.68. The fourth-order valence-corrected chi connectivity index (χ4v) is 5.53. The third-order valence-electron chi connectivity index (χ3n) is 5.74. The molecular weight excluding hydrogens is 394 g/mol. The van der Waals surface area contributed by atoms with E-state index in [-0.39, 0.29) is 34.8 Å². The molecule has 0 unspecified atom stereocenters. The van der Waals surface area contributed by atoms with Crippen molar-refractivity contribution in [2.24, 2.45) is 11.7 Å². The van der Waals surface area contributed by atoms with Crippen LogP contribution in [-0.2, 0) is 14.8 Å². The molecule has 0 spiro atoms. The van der Waals surface area contributed by atoms with E-state index >= 15 is 0 Å². The first kappa shape index (κ1) is 21.6. The number of nitrogens with one attached hydrogen (secondary N) is 1. The molecule has 9 heteroatoms. The monoisotopic (exact) mass is 423 g/mol. The summed E-state index contributed by atoms with van der Waals surface area (Å²) in [6.07, 6.45) is 5.94. The molecule has 0 radical (unpaired) electrons. The molecule has 1 aliphatic heterocycles. The molecule has 8 nitrogen and oxygen atoms in total. The standard InChI is InChI=1S/C20H29N3O5S/c1-14-6-2-3-7-17(14)22-19(24)13-28-18-9-8-15(12-16(18)20(21)25)29(26,27)23-10-4-5-11-23/h8-9,12,14,17H,2-7,10-11,13H2,1H3,(H2,21,25)(H,22,24)/t14-,17+/m0/s1. The summed E-state index contributed by atoms with van der Waals surface area (Å²) in [6.45, 7) is 2.79. The zero-order valence-electron chi connectivity index (χ0n) is 16.7. The number of hydrogen-bond donors (Lipinski definition) is 2. The molecule has 29 heavy (non-hydrogen) atoms. The zero-order chi connectivity index (χ0) is 21.0. The Morgan fingerprint density at radius 2 is 1.86 bits per heavy atom. The molecule has 2 aliphatic rings. The number of ether oxygens (including phenoxy) is 1. The van der Waals surface area contributed by atoms with Crippen LogP contribution in [0.3, 0.4) is 0 Å². The minimum absolute atomic E-state index is 0.000956. The van der Waals surface area contributed by atoms with Crippen molar-refractivity contribution in [3.8, 4) is 5.75 Å². The van der Waals surface area contributed by atoms with Crippen molar-refractivity contribution in [2.45, 2.75) is 56.4 Å². The molecular formula is C20H29N3O5S. The van der Waals surface area contributed by atoms with Crippen LogP contribution in [0.25, 0.3) is 0 Å². The molecule has 1 saturated heterocycles. The van der Waals surface area contributed by atoms with Crippen molar-refractivity contribution in [3.05, 3.63) is 23.8 Å². The van der Waals surface area contributed by atoms with Gasteiger partial charge >= 0.3 is 0 Å². The lowest BCUT2D eigenvalue weighted by Gasteiger charge is -2.29. The molecule has 2 amide bonds. The number of nitrogens with zero attached hydrogens (tertiary/aromatic N) is 1. The van der Waals surface area contributed by atoms with Gasteiger partial charge in [0.15, 0.2) is 6.61 Å². The van der Waals surface area contributed by atoms with Gasteiger partial charge in [-0.05, 0) is 49.8 Å². The number of amides is 2. The first-order chi connectivity index (χ1) is 13.8. The van der Waals surface area contributed by atoms with Gasteiger partial charge < -0.3 is 15.8 Å². The van der Waals surface area contributed by atoms with Gasteiger partial charge in [0.25, 0.3) is 11.8 Å². The molecule has 0 aromatic heterocycles. The molecule has 1 aromatic rings. The van der Waals surface area contributed by atoms with E-state index in [9.17, 15) is 18.0 Å². The highest BCUT2D eigenvalue weighted by Crippen LogP contribution is 2.27. The van der Waals surface area contributed by atoms with Crippen molar-refractivity contribution < 1.29 is 22.7 Å². The highest BCUT2D eigenvalue weighted by Gasteiger charge is 2.29. The average Bonchev–Trinajstić information content (AvgIpc) is 3.23. The topological polar surface area (TPSA) is 119 Å². The van der Waals surface area contributed by atoms with Gasteiger partial charge in [0, 0.05) is 19.1 Å². The second-order valence-corrected chi connectivity index (χ2v) is 9.80. The molecule has 0 bridgehead atoms. The number of carbonyl (C=O) groups is 2. The van der Waals surface area contributed by atoms with Crippen LogP contribution in [0.2, 0.25) is 0 Å². The molecule has 1 aromatic carbocycles. The molecule has 3 rings (SSSR count).